The lowest BCUT2D eigenvalue weighted by molar-refractivity contribution is -0.686. The Labute approximate surface area is 165 Å². The highest BCUT2D eigenvalue weighted by atomic mass is 16.6. The summed E-state index contributed by atoms with van der Waals surface area (Å²) in [6.45, 7) is 2.90. The zero-order valence-electron chi connectivity index (χ0n) is 16.6. The van der Waals surface area contributed by atoms with Crippen LogP contribution in [0.1, 0.15) is 45.4 Å². The first kappa shape index (κ1) is 19.2. The van der Waals surface area contributed by atoms with Crippen LogP contribution in [0.25, 0.3) is 0 Å². The minimum absolute atomic E-state index is 0.0682. The Bertz CT molecular complexity index is 744. The van der Waals surface area contributed by atoms with Gasteiger partial charge < -0.3 is 15.4 Å². The van der Waals surface area contributed by atoms with Gasteiger partial charge in [0, 0.05) is 17.5 Å². The summed E-state index contributed by atoms with van der Waals surface area (Å²) >= 11 is 0. The van der Waals surface area contributed by atoms with Gasteiger partial charge in [0.05, 0.1) is 24.3 Å². The molecule has 4 fully saturated rings. The number of hydrogen-bond donors (Lipinski definition) is 2. The number of anilines is 1. The second-order valence-corrected chi connectivity index (χ2v) is 9.28. The van der Waals surface area contributed by atoms with Gasteiger partial charge in [-0.05, 0) is 69.3 Å². The second-order valence-electron chi connectivity index (χ2n) is 9.28. The maximum Gasteiger partial charge on any atom is 0.282 e. The number of methoxy groups -OCH3 is 1. The van der Waals surface area contributed by atoms with E-state index in [-0.39, 0.29) is 17.6 Å². The number of benzene rings is 1. The Morgan fingerprint density at radius 3 is 2.43 bits per heavy atom. The first-order valence-corrected chi connectivity index (χ1v) is 10.3. The van der Waals surface area contributed by atoms with E-state index in [1.165, 1.54) is 63.8 Å². The van der Waals surface area contributed by atoms with E-state index in [1.807, 2.05) is 6.92 Å². The number of nitro benzene ring substituents is 1. The summed E-state index contributed by atoms with van der Waals surface area (Å²) in [4.78, 5) is 23.3. The molecule has 0 saturated heterocycles. The SMILES string of the molecule is COc1ccc([N+](=O)[O-])cc1NC(=O)[C@@H](C)[NH2+]CC12CC3CC(CC(C3)C1)C2. The molecule has 1 aromatic carbocycles. The van der Waals surface area contributed by atoms with Crippen LogP contribution in [0.4, 0.5) is 11.4 Å². The van der Waals surface area contributed by atoms with Gasteiger partial charge in [-0.1, -0.05) is 0 Å². The van der Waals surface area contributed by atoms with Crippen LogP contribution in [0, 0.1) is 33.3 Å². The van der Waals surface area contributed by atoms with Gasteiger partial charge in [-0.15, -0.1) is 0 Å². The Kier molecular flexibility index (Phi) is 5.04. The minimum Gasteiger partial charge on any atom is -0.495 e. The number of hydrogen-bond acceptors (Lipinski definition) is 4. The van der Waals surface area contributed by atoms with Crippen molar-refractivity contribution in [2.45, 2.75) is 51.5 Å². The number of non-ortho nitro benzene ring substituents is 1. The first-order valence-electron chi connectivity index (χ1n) is 10.3. The molecule has 7 nitrogen and oxygen atoms in total. The summed E-state index contributed by atoms with van der Waals surface area (Å²) in [6, 6.07) is 3.98. The lowest BCUT2D eigenvalue weighted by Crippen LogP contribution is -2.94. The number of nitrogens with one attached hydrogen (secondary N) is 1. The number of ether oxygens (including phenoxy) is 1. The molecule has 1 amide bonds. The second kappa shape index (κ2) is 7.35. The highest BCUT2D eigenvalue weighted by Gasteiger charge is 2.51. The van der Waals surface area contributed by atoms with E-state index in [1.54, 1.807) is 0 Å². The lowest BCUT2D eigenvalue weighted by Gasteiger charge is -2.56. The molecule has 0 spiro atoms. The summed E-state index contributed by atoms with van der Waals surface area (Å²) < 4.78 is 5.24. The van der Waals surface area contributed by atoms with Crippen LogP contribution in [-0.4, -0.2) is 30.5 Å². The van der Waals surface area contributed by atoms with E-state index in [2.05, 4.69) is 10.6 Å². The molecule has 0 aliphatic heterocycles. The van der Waals surface area contributed by atoms with Gasteiger partial charge in [0.15, 0.2) is 6.04 Å². The monoisotopic (exact) mass is 388 g/mol. The van der Waals surface area contributed by atoms with Gasteiger partial charge in [-0.2, -0.15) is 0 Å². The summed E-state index contributed by atoms with van der Waals surface area (Å²) in [5, 5.41) is 16.0. The molecule has 0 unspecified atom stereocenters. The molecule has 0 heterocycles. The van der Waals surface area contributed by atoms with Crippen LogP contribution in [0.5, 0.6) is 5.75 Å². The van der Waals surface area contributed by atoms with Crippen molar-refractivity contribution in [3.8, 4) is 5.75 Å². The molecule has 4 aliphatic carbocycles. The van der Waals surface area contributed by atoms with E-state index in [0.29, 0.717) is 16.9 Å². The van der Waals surface area contributed by atoms with Crippen molar-refractivity contribution in [1.82, 2.24) is 0 Å². The minimum atomic E-state index is -0.475. The van der Waals surface area contributed by atoms with Crippen LogP contribution in [-0.2, 0) is 4.79 Å². The normalized spacial score (nSPS) is 31.4. The number of rotatable bonds is 7. The number of nitrogens with two attached hydrogens (primary N) is 1. The molecule has 3 N–H and O–H groups in total. The van der Waals surface area contributed by atoms with Gasteiger partial charge in [-0.3, -0.25) is 14.9 Å². The van der Waals surface area contributed by atoms with Crippen LogP contribution in [0.3, 0.4) is 0 Å². The average Bonchev–Trinajstić information content (AvgIpc) is 2.65. The summed E-state index contributed by atoms with van der Waals surface area (Å²) in [7, 11) is 1.49. The summed E-state index contributed by atoms with van der Waals surface area (Å²) in [5.41, 5.74) is 0.685. The zero-order valence-corrected chi connectivity index (χ0v) is 16.6. The van der Waals surface area contributed by atoms with Gasteiger partial charge >= 0.3 is 0 Å². The van der Waals surface area contributed by atoms with E-state index in [9.17, 15) is 14.9 Å². The van der Waals surface area contributed by atoms with Gasteiger partial charge in [0.2, 0.25) is 0 Å². The van der Waals surface area contributed by atoms with Gasteiger partial charge in [0.25, 0.3) is 11.6 Å². The number of quaternary nitrogens is 1. The van der Waals surface area contributed by atoms with Crippen molar-refractivity contribution in [1.29, 1.82) is 0 Å². The fourth-order valence-corrected chi connectivity index (χ4v) is 6.23. The molecule has 28 heavy (non-hydrogen) atoms. The molecule has 152 valence electrons. The number of nitrogens with zero attached hydrogens (tertiary/aromatic N) is 1. The maximum atomic E-state index is 12.7. The van der Waals surface area contributed by atoms with E-state index in [4.69, 9.17) is 4.74 Å². The molecular weight excluding hydrogens is 358 g/mol. The Hall–Kier alpha value is -2.15. The molecule has 0 radical (unpaired) electrons. The molecule has 1 atom stereocenters. The van der Waals surface area contributed by atoms with Crippen LogP contribution in [0.15, 0.2) is 18.2 Å². The molecule has 4 aliphatic rings. The zero-order chi connectivity index (χ0) is 19.9. The lowest BCUT2D eigenvalue weighted by atomic mass is 9.49. The molecule has 1 aromatic rings. The van der Waals surface area contributed by atoms with Gasteiger partial charge in [0.1, 0.15) is 5.75 Å². The van der Waals surface area contributed by atoms with Crippen molar-refractivity contribution in [3.05, 3.63) is 28.3 Å². The van der Waals surface area contributed by atoms with Crippen LogP contribution in [0.2, 0.25) is 0 Å². The van der Waals surface area contributed by atoms with Crippen LogP contribution < -0.4 is 15.4 Å². The Morgan fingerprint density at radius 2 is 1.89 bits per heavy atom. The fraction of sp³-hybridized carbons (Fsp3) is 0.667. The number of carbonyl (C=O) groups is 1. The molecule has 0 aromatic heterocycles. The number of carbonyl (C=O) groups excluding carboxylic acids is 1. The predicted octanol–water partition coefficient (Wildman–Crippen LogP) is 2.71. The quantitative estimate of drug-likeness (QED) is 0.554. The summed E-state index contributed by atoms with van der Waals surface area (Å²) in [6.07, 6.45) is 8.22. The predicted molar refractivity (Wildman–Crippen MR) is 105 cm³/mol. The van der Waals surface area contributed by atoms with E-state index < -0.39 is 4.92 Å². The third kappa shape index (κ3) is 3.72. The van der Waals surface area contributed by atoms with Crippen molar-refractivity contribution < 1.29 is 19.8 Å². The van der Waals surface area contributed by atoms with Crippen molar-refractivity contribution in [2.24, 2.45) is 23.2 Å². The highest BCUT2D eigenvalue weighted by molar-refractivity contribution is 5.95. The highest BCUT2D eigenvalue weighted by Crippen LogP contribution is 2.59. The standard InChI is InChI=1S/C21H29N3O4/c1-13(20(25)23-18-8-17(24(26)27)3-4-19(18)28-2)22-12-21-9-14-5-15(10-21)7-16(6-14)11-21/h3-4,8,13-16,22H,5-7,9-12H2,1-2H3,(H,23,25)/p+1/t13-,14?,15?,16?,21?/m1/s1. The maximum absolute atomic E-state index is 12.7. The van der Waals surface area contributed by atoms with Gasteiger partial charge in [-0.25, -0.2) is 0 Å². The van der Waals surface area contributed by atoms with Crippen molar-refractivity contribution >= 4 is 17.3 Å². The van der Waals surface area contributed by atoms with E-state index >= 15 is 0 Å². The number of amides is 1. The number of nitro groups is 1. The molecular formula is C21H30N3O4+. The average molecular weight is 388 g/mol. The van der Waals surface area contributed by atoms with Crippen LogP contribution >= 0.6 is 0 Å². The third-order valence-corrected chi connectivity index (χ3v) is 7.13. The molecule has 4 bridgehead atoms. The topological polar surface area (TPSA) is 98.1 Å². The molecule has 4 saturated carbocycles. The Balaban J connectivity index is 1.38. The first-order chi connectivity index (χ1) is 13.4. The third-order valence-electron chi connectivity index (χ3n) is 7.13. The molecule has 5 rings (SSSR count). The fourth-order valence-electron chi connectivity index (χ4n) is 6.23. The smallest absolute Gasteiger partial charge is 0.282 e. The molecule has 7 heteroatoms. The largest absolute Gasteiger partial charge is 0.495 e. The van der Waals surface area contributed by atoms with Crippen molar-refractivity contribution in [2.75, 3.05) is 19.0 Å². The van der Waals surface area contributed by atoms with Crippen molar-refractivity contribution in [3.63, 3.8) is 0 Å². The Morgan fingerprint density at radius 1 is 1.29 bits per heavy atom. The summed E-state index contributed by atoms with van der Waals surface area (Å²) in [5.74, 6) is 2.98. The van der Waals surface area contributed by atoms with E-state index in [0.717, 1.165) is 24.3 Å².